The Bertz CT molecular complexity index is 424. The van der Waals surface area contributed by atoms with Gasteiger partial charge in [-0.3, -0.25) is 0 Å². The van der Waals surface area contributed by atoms with Crippen LogP contribution in [0.5, 0.6) is 0 Å². The molecule has 4 nitrogen and oxygen atoms in total. The largest absolute Gasteiger partial charge is 0.399 e. The smallest absolute Gasteiger partial charge is 0.202 e. The van der Waals surface area contributed by atoms with Crippen LogP contribution in [0, 0.1) is 5.82 Å². The van der Waals surface area contributed by atoms with Gasteiger partial charge in [-0.15, -0.1) is 0 Å². The van der Waals surface area contributed by atoms with Gasteiger partial charge in [0.05, 0.1) is 4.90 Å². The van der Waals surface area contributed by atoms with Crippen molar-refractivity contribution >= 4 is 15.5 Å². The summed E-state index contributed by atoms with van der Waals surface area (Å²) in [5.74, 6) is -1.14. The van der Waals surface area contributed by atoms with Crippen LogP contribution in [0.2, 0.25) is 0 Å². The maximum atomic E-state index is 12.9. The van der Waals surface area contributed by atoms with Crippen molar-refractivity contribution in [1.82, 2.24) is 0 Å². The standard InChI is InChI=1S/C9H12FNO3S/c1-2-14-6-15(12,13)9-4-7(10)3-8(11)5-9/h3-5H,2,6,11H2,1H3. The molecule has 2 N–H and O–H groups in total. The molecule has 1 rings (SSSR count). The number of hydrogen-bond acceptors (Lipinski definition) is 4. The minimum atomic E-state index is -3.61. The van der Waals surface area contributed by atoms with Crippen LogP contribution in [-0.2, 0) is 14.6 Å². The highest BCUT2D eigenvalue weighted by atomic mass is 32.2. The van der Waals surface area contributed by atoms with E-state index in [9.17, 15) is 12.8 Å². The molecule has 0 unspecified atom stereocenters. The van der Waals surface area contributed by atoms with Crippen LogP contribution in [0.15, 0.2) is 23.1 Å². The van der Waals surface area contributed by atoms with Crippen molar-refractivity contribution < 1.29 is 17.5 Å². The molecule has 0 heterocycles. The summed E-state index contributed by atoms with van der Waals surface area (Å²) in [5.41, 5.74) is 5.41. The van der Waals surface area contributed by atoms with E-state index in [1.807, 2.05) is 0 Å². The zero-order chi connectivity index (χ0) is 11.5. The maximum Gasteiger partial charge on any atom is 0.202 e. The Balaban J connectivity index is 3.04. The lowest BCUT2D eigenvalue weighted by atomic mass is 10.3. The molecule has 0 radical (unpaired) electrons. The number of halogens is 1. The lowest BCUT2D eigenvalue weighted by Crippen LogP contribution is -2.10. The second-order valence-electron chi connectivity index (χ2n) is 2.95. The Labute approximate surface area is 87.8 Å². The Morgan fingerprint density at radius 1 is 1.40 bits per heavy atom. The van der Waals surface area contributed by atoms with Crippen LogP contribution in [0.1, 0.15) is 6.92 Å². The first-order valence-electron chi connectivity index (χ1n) is 4.32. The fourth-order valence-corrected chi connectivity index (χ4v) is 2.15. The summed E-state index contributed by atoms with van der Waals surface area (Å²) < 4.78 is 40.8. The molecule has 0 saturated carbocycles. The van der Waals surface area contributed by atoms with E-state index in [0.29, 0.717) is 0 Å². The molecule has 0 bridgehead atoms. The van der Waals surface area contributed by atoms with Gasteiger partial charge < -0.3 is 10.5 Å². The Kier molecular flexibility index (Phi) is 3.65. The van der Waals surface area contributed by atoms with E-state index in [4.69, 9.17) is 10.5 Å². The molecule has 84 valence electrons. The highest BCUT2D eigenvalue weighted by molar-refractivity contribution is 7.91. The fraction of sp³-hybridized carbons (Fsp3) is 0.333. The van der Waals surface area contributed by atoms with Gasteiger partial charge in [0.1, 0.15) is 5.82 Å². The number of anilines is 1. The third kappa shape index (κ3) is 3.17. The van der Waals surface area contributed by atoms with E-state index in [2.05, 4.69) is 0 Å². The average molecular weight is 233 g/mol. The molecular formula is C9H12FNO3S. The average Bonchev–Trinajstić information content (AvgIpc) is 2.13. The normalized spacial score (nSPS) is 11.6. The molecule has 0 spiro atoms. The van der Waals surface area contributed by atoms with Crippen LogP contribution >= 0.6 is 0 Å². The van der Waals surface area contributed by atoms with Crippen LogP contribution in [0.4, 0.5) is 10.1 Å². The second kappa shape index (κ2) is 4.59. The molecule has 1 aromatic carbocycles. The Hall–Kier alpha value is -1.14. The zero-order valence-electron chi connectivity index (χ0n) is 8.23. The lowest BCUT2D eigenvalue weighted by Gasteiger charge is -2.05. The van der Waals surface area contributed by atoms with Gasteiger partial charge in [-0.2, -0.15) is 0 Å². The highest BCUT2D eigenvalue weighted by Gasteiger charge is 2.15. The summed E-state index contributed by atoms with van der Waals surface area (Å²) in [6.45, 7) is 1.96. The van der Waals surface area contributed by atoms with Crippen molar-refractivity contribution in [2.24, 2.45) is 0 Å². The third-order valence-electron chi connectivity index (χ3n) is 1.70. The van der Waals surface area contributed by atoms with E-state index >= 15 is 0 Å². The van der Waals surface area contributed by atoms with Gasteiger partial charge in [0.25, 0.3) is 0 Å². The van der Waals surface area contributed by atoms with Crippen molar-refractivity contribution in [3.63, 3.8) is 0 Å². The molecule has 0 atom stereocenters. The van der Waals surface area contributed by atoms with E-state index in [1.54, 1.807) is 6.92 Å². The lowest BCUT2D eigenvalue weighted by molar-refractivity contribution is 0.192. The number of benzene rings is 1. The van der Waals surface area contributed by atoms with Crippen molar-refractivity contribution in [2.75, 3.05) is 18.3 Å². The highest BCUT2D eigenvalue weighted by Crippen LogP contribution is 2.17. The number of sulfone groups is 1. The topological polar surface area (TPSA) is 69.4 Å². The van der Waals surface area contributed by atoms with Gasteiger partial charge >= 0.3 is 0 Å². The second-order valence-corrected chi connectivity index (χ2v) is 4.88. The molecule has 6 heteroatoms. The van der Waals surface area contributed by atoms with E-state index in [1.165, 1.54) is 6.07 Å². The minimum absolute atomic E-state index is 0.0741. The minimum Gasteiger partial charge on any atom is -0.399 e. The molecule has 0 amide bonds. The Morgan fingerprint density at radius 2 is 2.07 bits per heavy atom. The van der Waals surface area contributed by atoms with Gasteiger partial charge in [-0.25, -0.2) is 12.8 Å². The number of nitrogen functional groups attached to an aromatic ring is 1. The third-order valence-corrected chi connectivity index (χ3v) is 3.13. The predicted molar refractivity (Wildman–Crippen MR) is 54.5 cm³/mol. The summed E-state index contributed by atoms with van der Waals surface area (Å²) in [7, 11) is -3.61. The summed E-state index contributed by atoms with van der Waals surface area (Å²) in [6.07, 6.45) is 0. The summed E-state index contributed by atoms with van der Waals surface area (Å²) in [6, 6.07) is 3.18. The SMILES string of the molecule is CCOCS(=O)(=O)c1cc(N)cc(F)c1. The fourth-order valence-electron chi connectivity index (χ4n) is 1.03. The van der Waals surface area contributed by atoms with E-state index < -0.39 is 21.6 Å². The molecule has 0 fully saturated rings. The first kappa shape index (κ1) is 11.9. The number of rotatable bonds is 4. The molecule has 15 heavy (non-hydrogen) atoms. The molecule has 1 aromatic rings. The zero-order valence-corrected chi connectivity index (χ0v) is 9.05. The van der Waals surface area contributed by atoms with Crippen LogP contribution in [0.3, 0.4) is 0 Å². The van der Waals surface area contributed by atoms with Gasteiger partial charge in [-0.1, -0.05) is 0 Å². The van der Waals surface area contributed by atoms with Gasteiger partial charge in [-0.05, 0) is 25.1 Å². The van der Waals surface area contributed by atoms with Crippen molar-refractivity contribution in [2.45, 2.75) is 11.8 Å². The van der Waals surface area contributed by atoms with Crippen molar-refractivity contribution in [1.29, 1.82) is 0 Å². The van der Waals surface area contributed by atoms with Crippen LogP contribution < -0.4 is 5.73 Å². The van der Waals surface area contributed by atoms with Crippen molar-refractivity contribution in [3.05, 3.63) is 24.0 Å². The molecule has 0 aliphatic carbocycles. The first-order chi connectivity index (χ1) is 6.95. The quantitative estimate of drug-likeness (QED) is 0.793. The van der Waals surface area contributed by atoms with Crippen LogP contribution in [0.25, 0.3) is 0 Å². The van der Waals surface area contributed by atoms with E-state index in [-0.39, 0.29) is 17.2 Å². The number of hydrogen-bond donors (Lipinski definition) is 1. The van der Waals surface area contributed by atoms with Gasteiger partial charge in [0, 0.05) is 12.3 Å². The molecular weight excluding hydrogens is 221 g/mol. The van der Waals surface area contributed by atoms with Gasteiger partial charge in [0.15, 0.2) is 5.94 Å². The molecule has 0 saturated heterocycles. The molecule has 0 aliphatic rings. The summed E-state index contributed by atoms with van der Waals surface area (Å²) in [4.78, 5) is -0.159. The predicted octanol–water partition coefficient (Wildman–Crippen LogP) is 1.18. The van der Waals surface area contributed by atoms with Crippen LogP contribution in [-0.4, -0.2) is 21.0 Å². The Morgan fingerprint density at radius 3 is 2.60 bits per heavy atom. The number of ether oxygens (including phenoxy) is 1. The summed E-state index contributed by atoms with van der Waals surface area (Å²) >= 11 is 0. The molecule has 0 aromatic heterocycles. The molecule has 0 aliphatic heterocycles. The van der Waals surface area contributed by atoms with Gasteiger partial charge in [0.2, 0.25) is 9.84 Å². The maximum absolute atomic E-state index is 12.9. The number of nitrogens with two attached hydrogens (primary N) is 1. The summed E-state index contributed by atoms with van der Waals surface area (Å²) in [5, 5.41) is 0. The first-order valence-corrected chi connectivity index (χ1v) is 5.97. The van der Waals surface area contributed by atoms with Crippen molar-refractivity contribution in [3.8, 4) is 0 Å². The monoisotopic (exact) mass is 233 g/mol. The van der Waals surface area contributed by atoms with E-state index in [0.717, 1.165) is 12.1 Å².